The van der Waals surface area contributed by atoms with E-state index in [9.17, 15) is 4.79 Å². The fourth-order valence-electron chi connectivity index (χ4n) is 2.95. The summed E-state index contributed by atoms with van der Waals surface area (Å²) in [5, 5.41) is 3.85. The second-order valence-corrected chi connectivity index (χ2v) is 6.02. The van der Waals surface area contributed by atoms with Crippen molar-refractivity contribution in [2.45, 2.75) is 6.54 Å². The molecule has 0 fully saturated rings. The number of amides is 1. The lowest BCUT2D eigenvalue weighted by molar-refractivity contribution is -0.121. The van der Waals surface area contributed by atoms with Crippen molar-refractivity contribution in [3.8, 4) is 17.2 Å². The molecule has 0 atom stereocenters. The number of nitrogens with one attached hydrogen (secondary N) is 1. The van der Waals surface area contributed by atoms with Gasteiger partial charge >= 0.3 is 0 Å². The number of carbonyl (C=O) groups is 1. The van der Waals surface area contributed by atoms with E-state index in [1.54, 1.807) is 12.5 Å². The number of furan rings is 1. The summed E-state index contributed by atoms with van der Waals surface area (Å²) in [5.41, 5.74) is 1.57. The SMILES string of the molecule is O=C(Cn1c(-c2ccco2)cc2cccnc21)NCCOc1ccccc1. The molecule has 3 heterocycles. The minimum atomic E-state index is -0.109. The highest BCUT2D eigenvalue weighted by Gasteiger charge is 2.15. The number of rotatable bonds is 7. The van der Waals surface area contributed by atoms with Crippen molar-refractivity contribution < 1.29 is 13.9 Å². The Morgan fingerprint density at radius 2 is 2.00 bits per heavy atom. The van der Waals surface area contributed by atoms with Crippen LogP contribution in [0.1, 0.15) is 0 Å². The van der Waals surface area contributed by atoms with Crippen molar-refractivity contribution in [2.75, 3.05) is 13.2 Å². The van der Waals surface area contributed by atoms with Crippen LogP contribution in [-0.2, 0) is 11.3 Å². The van der Waals surface area contributed by atoms with E-state index in [1.165, 1.54) is 0 Å². The van der Waals surface area contributed by atoms with Crippen molar-refractivity contribution in [3.63, 3.8) is 0 Å². The van der Waals surface area contributed by atoms with Crippen LogP contribution in [0.15, 0.2) is 77.5 Å². The molecule has 0 spiro atoms. The third-order valence-electron chi connectivity index (χ3n) is 4.17. The molecule has 1 amide bonds. The van der Waals surface area contributed by atoms with Gasteiger partial charge in [-0.15, -0.1) is 0 Å². The van der Waals surface area contributed by atoms with E-state index in [0.29, 0.717) is 18.9 Å². The predicted octanol–water partition coefficient (Wildman–Crippen LogP) is 3.49. The zero-order valence-corrected chi connectivity index (χ0v) is 14.7. The van der Waals surface area contributed by atoms with E-state index in [1.807, 2.05) is 65.2 Å². The lowest BCUT2D eigenvalue weighted by Crippen LogP contribution is -2.31. The van der Waals surface area contributed by atoms with Gasteiger partial charge in [-0.1, -0.05) is 18.2 Å². The second kappa shape index (κ2) is 7.78. The zero-order valence-electron chi connectivity index (χ0n) is 14.7. The van der Waals surface area contributed by atoms with Crippen LogP contribution < -0.4 is 10.1 Å². The van der Waals surface area contributed by atoms with Gasteiger partial charge in [-0.25, -0.2) is 4.98 Å². The largest absolute Gasteiger partial charge is 0.492 e. The molecule has 0 aliphatic rings. The van der Waals surface area contributed by atoms with Gasteiger partial charge in [0, 0.05) is 11.6 Å². The molecule has 1 aromatic carbocycles. The minimum Gasteiger partial charge on any atom is -0.492 e. The number of nitrogens with zero attached hydrogens (tertiary/aromatic N) is 2. The highest BCUT2D eigenvalue weighted by molar-refractivity contribution is 5.86. The van der Waals surface area contributed by atoms with Gasteiger partial charge in [0.2, 0.25) is 5.91 Å². The topological polar surface area (TPSA) is 69.3 Å². The Balaban J connectivity index is 1.43. The predicted molar refractivity (Wildman–Crippen MR) is 102 cm³/mol. The number of para-hydroxylation sites is 1. The van der Waals surface area contributed by atoms with Crippen LogP contribution >= 0.6 is 0 Å². The van der Waals surface area contributed by atoms with Crippen molar-refractivity contribution in [1.29, 1.82) is 0 Å². The molecular weight excluding hydrogens is 342 g/mol. The number of carbonyl (C=O) groups excluding carboxylic acids is 1. The van der Waals surface area contributed by atoms with Crippen molar-refractivity contribution in [1.82, 2.24) is 14.9 Å². The summed E-state index contributed by atoms with van der Waals surface area (Å²) in [7, 11) is 0. The Labute approximate surface area is 156 Å². The number of benzene rings is 1. The molecule has 0 radical (unpaired) electrons. The van der Waals surface area contributed by atoms with Gasteiger partial charge in [0.1, 0.15) is 30.3 Å². The maximum absolute atomic E-state index is 12.4. The van der Waals surface area contributed by atoms with E-state index in [0.717, 1.165) is 22.5 Å². The molecule has 0 saturated heterocycles. The van der Waals surface area contributed by atoms with E-state index < -0.39 is 0 Å². The Morgan fingerprint density at radius 1 is 1.11 bits per heavy atom. The molecule has 6 nitrogen and oxygen atoms in total. The molecule has 0 unspecified atom stereocenters. The molecule has 136 valence electrons. The Morgan fingerprint density at radius 3 is 2.81 bits per heavy atom. The molecule has 0 aliphatic carbocycles. The van der Waals surface area contributed by atoms with Gasteiger partial charge in [0.15, 0.2) is 0 Å². The maximum Gasteiger partial charge on any atom is 0.240 e. The average Bonchev–Trinajstić information content (AvgIpc) is 3.34. The summed E-state index contributed by atoms with van der Waals surface area (Å²) >= 11 is 0. The monoisotopic (exact) mass is 361 g/mol. The molecule has 4 rings (SSSR count). The molecule has 0 bridgehead atoms. The van der Waals surface area contributed by atoms with Crippen LogP contribution in [0.25, 0.3) is 22.5 Å². The number of ether oxygens (including phenoxy) is 1. The number of hydrogen-bond acceptors (Lipinski definition) is 4. The molecule has 0 saturated carbocycles. The number of hydrogen-bond donors (Lipinski definition) is 1. The number of pyridine rings is 1. The van der Waals surface area contributed by atoms with Gasteiger partial charge < -0.3 is 19.0 Å². The molecule has 1 N–H and O–H groups in total. The van der Waals surface area contributed by atoms with E-state index >= 15 is 0 Å². The molecule has 4 aromatic rings. The third-order valence-corrected chi connectivity index (χ3v) is 4.17. The standard InChI is InChI=1S/C21H19N3O3/c25-20(22-11-13-26-17-7-2-1-3-8-17)15-24-18(19-9-5-12-27-19)14-16-6-4-10-23-21(16)24/h1-10,12,14H,11,13,15H2,(H,22,25). The Kier molecular flexibility index (Phi) is 4.87. The first-order valence-corrected chi connectivity index (χ1v) is 8.74. The van der Waals surface area contributed by atoms with Crippen LogP contribution in [0.3, 0.4) is 0 Å². The van der Waals surface area contributed by atoms with Crippen LogP contribution in [0, 0.1) is 0 Å². The summed E-state index contributed by atoms with van der Waals surface area (Å²) < 4.78 is 13.0. The highest BCUT2D eigenvalue weighted by atomic mass is 16.5. The summed E-state index contributed by atoms with van der Waals surface area (Å²) in [6.07, 6.45) is 3.34. The maximum atomic E-state index is 12.4. The van der Waals surface area contributed by atoms with Gasteiger partial charge in [0.25, 0.3) is 0 Å². The average molecular weight is 361 g/mol. The first-order valence-electron chi connectivity index (χ1n) is 8.74. The fraction of sp³-hybridized carbons (Fsp3) is 0.143. The van der Waals surface area contributed by atoms with Crippen molar-refractivity contribution in [3.05, 3.63) is 73.1 Å². The van der Waals surface area contributed by atoms with E-state index in [4.69, 9.17) is 9.15 Å². The van der Waals surface area contributed by atoms with E-state index in [-0.39, 0.29) is 12.5 Å². The summed E-state index contributed by atoms with van der Waals surface area (Å²) in [4.78, 5) is 16.9. The van der Waals surface area contributed by atoms with E-state index in [2.05, 4.69) is 10.3 Å². The van der Waals surface area contributed by atoms with Gasteiger partial charge in [-0.05, 0) is 42.5 Å². The normalized spacial score (nSPS) is 10.8. The van der Waals surface area contributed by atoms with Crippen molar-refractivity contribution >= 4 is 16.9 Å². The third kappa shape index (κ3) is 3.84. The van der Waals surface area contributed by atoms with Crippen LogP contribution in [0.2, 0.25) is 0 Å². The molecular formula is C21H19N3O3. The van der Waals surface area contributed by atoms with Crippen LogP contribution in [-0.4, -0.2) is 28.6 Å². The zero-order chi connectivity index (χ0) is 18.5. The fourth-order valence-corrected chi connectivity index (χ4v) is 2.95. The lowest BCUT2D eigenvalue weighted by Gasteiger charge is -2.10. The quantitative estimate of drug-likeness (QED) is 0.512. The van der Waals surface area contributed by atoms with Crippen LogP contribution in [0.5, 0.6) is 5.75 Å². The lowest BCUT2D eigenvalue weighted by atomic mass is 10.3. The number of fused-ring (bicyclic) bond motifs is 1. The van der Waals surface area contributed by atoms with Crippen molar-refractivity contribution in [2.24, 2.45) is 0 Å². The van der Waals surface area contributed by atoms with Crippen LogP contribution in [0.4, 0.5) is 0 Å². The molecule has 3 aromatic heterocycles. The molecule has 6 heteroatoms. The number of aromatic nitrogens is 2. The first-order chi connectivity index (χ1) is 13.3. The smallest absolute Gasteiger partial charge is 0.240 e. The highest BCUT2D eigenvalue weighted by Crippen LogP contribution is 2.27. The second-order valence-electron chi connectivity index (χ2n) is 6.02. The first kappa shape index (κ1) is 16.9. The molecule has 27 heavy (non-hydrogen) atoms. The molecule has 0 aliphatic heterocycles. The summed E-state index contributed by atoms with van der Waals surface area (Å²) in [5.74, 6) is 1.38. The van der Waals surface area contributed by atoms with Gasteiger partial charge in [-0.2, -0.15) is 0 Å². The van der Waals surface area contributed by atoms with Gasteiger partial charge in [0.05, 0.1) is 18.5 Å². The minimum absolute atomic E-state index is 0.109. The Hall–Kier alpha value is -3.54. The van der Waals surface area contributed by atoms with Gasteiger partial charge in [-0.3, -0.25) is 4.79 Å². The summed E-state index contributed by atoms with van der Waals surface area (Å²) in [6, 6.07) is 19.0. The summed E-state index contributed by atoms with van der Waals surface area (Å²) in [6.45, 7) is 0.990. The Bertz CT molecular complexity index is 1020.